The fraction of sp³-hybridized carbons (Fsp3) is 0.462. The molecule has 0 spiro atoms. The van der Waals surface area contributed by atoms with Gasteiger partial charge in [0, 0.05) is 19.2 Å². The SMILES string of the molecule is CN1CCC(CNc2c(C(=O)O)cccc2[N+](=O)[O-])C1. The molecule has 1 unspecified atom stereocenters. The highest BCUT2D eigenvalue weighted by atomic mass is 16.6. The zero-order chi connectivity index (χ0) is 14.7. The predicted octanol–water partition coefficient (Wildman–Crippen LogP) is 1.66. The Bertz CT molecular complexity index is 500. The van der Waals surface area contributed by atoms with Gasteiger partial charge in [0.15, 0.2) is 0 Å². The van der Waals surface area contributed by atoms with Crippen molar-refractivity contribution in [3.05, 3.63) is 33.9 Å². The van der Waals surface area contributed by atoms with Crippen LogP contribution in [0.2, 0.25) is 0 Å². The van der Waals surface area contributed by atoms with E-state index < -0.39 is 10.9 Å². The number of rotatable bonds is 5. The first-order valence-electron chi connectivity index (χ1n) is 6.42. The third-order valence-electron chi connectivity index (χ3n) is 3.53. The van der Waals surface area contributed by atoms with Crippen molar-refractivity contribution in [2.75, 3.05) is 32.0 Å². The first-order valence-corrected chi connectivity index (χ1v) is 6.42. The average Bonchev–Trinajstić information content (AvgIpc) is 2.81. The van der Waals surface area contributed by atoms with Crippen molar-refractivity contribution >= 4 is 17.3 Å². The fourth-order valence-corrected chi connectivity index (χ4v) is 2.50. The highest BCUT2D eigenvalue weighted by Gasteiger charge is 2.24. The Balaban J connectivity index is 2.19. The molecule has 0 radical (unpaired) electrons. The maximum Gasteiger partial charge on any atom is 0.338 e. The number of likely N-dealkylation sites (tertiary alicyclic amines) is 1. The summed E-state index contributed by atoms with van der Waals surface area (Å²) in [7, 11) is 2.02. The molecule has 0 bridgehead atoms. The quantitative estimate of drug-likeness (QED) is 0.628. The van der Waals surface area contributed by atoms with Crippen LogP contribution in [0, 0.1) is 16.0 Å². The highest BCUT2D eigenvalue weighted by Crippen LogP contribution is 2.29. The Morgan fingerprint density at radius 3 is 2.90 bits per heavy atom. The van der Waals surface area contributed by atoms with Gasteiger partial charge in [-0.2, -0.15) is 0 Å². The number of aromatic carboxylic acids is 1. The van der Waals surface area contributed by atoms with Crippen LogP contribution in [0.5, 0.6) is 0 Å². The van der Waals surface area contributed by atoms with Crippen LogP contribution in [0.25, 0.3) is 0 Å². The number of carboxylic acid groups (broad SMARTS) is 1. The van der Waals surface area contributed by atoms with Crippen LogP contribution in [-0.4, -0.2) is 47.6 Å². The molecule has 7 nitrogen and oxygen atoms in total. The number of para-hydroxylation sites is 1. The number of benzene rings is 1. The second-order valence-corrected chi connectivity index (χ2v) is 5.06. The average molecular weight is 279 g/mol. The minimum atomic E-state index is -1.17. The summed E-state index contributed by atoms with van der Waals surface area (Å²) in [5.41, 5.74) is -0.165. The van der Waals surface area contributed by atoms with E-state index in [2.05, 4.69) is 10.2 Å². The van der Waals surface area contributed by atoms with E-state index in [0.717, 1.165) is 19.5 Å². The monoisotopic (exact) mass is 279 g/mol. The minimum Gasteiger partial charge on any atom is -0.478 e. The number of nitro benzene ring substituents is 1. The number of hydrogen-bond donors (Lipinski definition) is 2. The van der Waals surface area contributed by atoms with Crippen LogP contribution in [-0.2, 0) is 0 Å². The Kier molecular flexibility index (Phi) is 4.19. The van der Waals surface area contributed by atoms with Crippen LogP contribution in [0.4, 0.5) is 11.4 Å². The van der Waals surface area contributed by atoms with E-state index in [1.54, 1.807) is 0 Å². The molecule has 1 saturated heterocycles. The molecule has 1 aliphatic rings. The number of nitrogens with zero attached hydrogens (tertiary/aromatic N) is 2. The van der Waals surface area contributed by atoms with Gasteiger partial charge in [-0.3, -0.25) is 10.1 Å². The minimum absolute atomic E-state index is 0.0643. The lowest BCUT2D eigenvalue weighted by Gasteiger charge is -2.14. The number of carbonyl (C=O) groups is 1. The van der Waals surface area contributed by atoms with Crippen molar-refractivity contribution in [2.24, 2.45) is 5.92 Å². The van der Waals surface area contributed by atoms with Crippen molar-refractivity contribution in [3.63, 3.8) is 0 Å². The summed E-state index contributed by atoms with van der Waals surface area (Å²) < 4.78 is 0. The summed E-state index contributed by atoms with van der Waals surface area (Å²) in [6.45, 7) is 2.44. The third-order valence-corrected chi connectivity index (χ3v) is 3.53. The van der Waals surface area contributed by atoms with Crippen molar-refractivity contribution in [1.82, 2.24) is 4.90 Å². The summed E-state index contributed by atoms with van der Waals surface area (Å²) in [6.07, 6.45) is 1.01. The molecule has 20 heavy (non-hydrogen) atoms. The molecule has 0 aromatic heterocycles. The molecule has 1 heterocycles. The molecule has 1 aromatic carbocycles. The second kappa shape index (κ2) is 5.87. The third kappa shape index (κ3) is 3.05. The molecule has 1 atom stereocenters. The van der Waals surface area contributed by atoms with E-state index in [4.69, 9.17) is 5.11 Å². The van der Waals surface area contributed by atoms with Crippen LogP contribution in [0.1, 0.15) is 16.8 Å². The van der Waals surface area contributed by atoms with Crippen molar-refractivity contribution in [2.45, 2.75) is 6.42 Å². The highest BCUT2D eigenvalue weighted by molar-refractivity contribution is 5.96. The van der Waals surface area contributed by atoms with Gasteiger partial charge < -0.3 is 15.3 Å². The van der Waals surface area contributed by atoms with Crippen molar-refractivity contribution < 1.29 is 14.8 Å². The Morgan fingerprint density at radius 1 is 1.60 bits per heavy atom. The fourth-order valence-electron chi connectivity index (χ4n) is 2.50. The van der Waals surface area contributed by atoms with E-state index in [0.29, 0.717) is 12.5 Å². The molecule has 0 amide bonds. The molecular formula is C13H17N3O4. The van der Waals surface area contributed by atoms with Gasteiger partial charge in [-0.15, -0.1) is 0 Å². The first-order chi connectivity index (χ1) is 9.49. The van der Waals surface area contributed by atoms with E-state index in [1.807, 2.05) is 7.05 Å². The Morgan fingerprint density at radius 2 is 2.35 bits per heavy atom. The molecule has 7 heteroatoms. The lowest BCUT2D eigenvalue weighted by Crippen LogP contribution is -2.20. The molecule has 108 valence electrons. The maximum absolute atomic E-state index is 11.2. The van der Waals surface area contributed by atoms with E-state index in [9.17, 15) is 14.9 Å². The number of nitro groups is 1. The summed E-state index contributed by atoms with van der Waals surface area (Å²) in [5, 5.41) is 23.1. The lowest BCUT2D eigenvalue weighted by molar-refractivity contribution is -0.384. The smallest absolute Gasteiger partial charge is 0.338 e. The van der Waals surface area contributed by atoms with Gasteiger partial charge in [0.25, 0.3) is 5.69 Å². The Hall–Kier alpha value is -2.15. The number of carboxylic acids is 1. The van der Waals surface area contributed by atoms with E-state index in [-0.39, 0.29) is 16.9 Å². The first kappa shape index (κ1) is 14.3. The van der Waals surface area contributed by atoms with Crippen LogP contribution >= 0.6 is 0 Å². The molecule has 0 aliphatic carbocycles. The zero-order valence-electron chi connectivity index (χ0n) is 11.2. The summed E-state index contributed by atoms with van der Waals surface area (Å²) in [4.78, 5) is 23.8. The summed E-state index contributed by atoms with van der Waals surface area (Å²) in [5.74, 6) is -0.791. The molecule has 1 aromatic rings. The van der Waals surface area contributed by atoms with E-state index in [1.165, 1.54) is 18.2 Å². The summed E-state index contributed by atoms with van der Waals surface area (Å²) in [6, 6.07) is 4.07. The van der Waals surface area contributed by atoms with Crippen molar-refractivity contribution in [3.8, 4) is 0 Å². The van der Waals surface area contributed by atoms with E-state index >= 15 is 0 Å². The largest absolute Gasteiger partial charge is 0.478 e. The molecule has 2 N–H and O–H groups in total. The van der Waals surface area contributed by atoms with Gasteiger partial charge in [0.05, 0.1) is 10.5 Å². The molecule has 1 fully saturated rings. The topological polar surface area (TPSA) is 95.7 Å². The van der Waals surface area contributed by atoms with Gasteiger partial charge in [0.2, 0.25) is 0 Å². The molecule has 0 saturated carbocycles. The van der Waals surface area contributed by atoms with Crippen LogP contribution < -0.4 is 5.32 Å². The van der Waals surface area contributed by atoms with Gasteiger partial charge in [0.1, 0.15) is 5.69 Å². The van der Waals surface area contributed by atoms with Crippen LogP contribution in [0.3, 0.4) is 0 Å². The summed E-state index contributed by atoms with van der Waals surface area (Å²) >= 11 is 0. The van der Waals surface area contributed by atoms with Gasteiger partial charge in [-0.1, -0.05) is 6.07 Å². The number of hydrogen-bond acceptors (Lipinski definition) is 5. The van der Waals surface area contributed by atoms with Gasteiger partial charge >= 0.3 is 5.97 Å². The Labute approximate surface area is 116 Å². The van der Waals surface area contributed by atoms with Gasteiger partial charge in [-0.25, -0.2) is 4.79 Å². The molecule has 1 aliphatic heterocycles. The zero-order valence-corrected chi connectivity index (χ0v) is 11.2. The maximum atomic E-state index is 11.2. The molecular weight excluding hydrogens is 262 g/mol. The second-order valence-electron chi connectivity index (χ2n) is 5.06. The number of anilines is 1. The number of nitrogens with one attached hydrogen (secondary N) is 1. The molecule has 2 rings (SSSR count). The van der Waals surface area contributed by atoms with Crippen molar-refractivity contribution in [1.29, 1.82) is 0 Å². The normalized spacial score (nSPS) is 18.9. The standard InChI is InChI=1S/C13H17N3O4/c1-15-6-5-9(8-15)7-14-12-10(13(17)18)3-2-4-11(12)16(19)20/h2-4,9,14H,5-8H2,1H3,(H,17,18). The predicted molar refractivity (Wildman–Crippen MR) is 74.1 cm³/mol. The van der Waals surface area contributed by atoms with Gasteiger partial charge in [-0.05, 0) is 32.0 Å². The lowest BCUT2D eigenvalue weighted by atomic mass is 10.1. The van der Waals surface area contributed by atoms with Crippen LogP contribution in [0.15, 0.2) is 18.2 Å².